The van der Waals surface area contributed by atoms with Gasteiger partial charge in [-0.05, 0) is 42.9 Å². The Bertz CT molecular complexity index is 487. The molecule has 0 unspecified atom stereocenters. The van der Waals surface area contributed by atoms with Crippen LogP contribution in [0.15, 0.2) is 24.3 Å². The summed E-state index contributed by atoms with van der Waals surface area (Å²) in [5, 5.41) is 12.2. The molecule has 0 spiro atoms. The first kappa shape index (κ1) is 15.9. The molecule has 0 atom stereocenters. The van der Waals surface area contributed by atoms with Crippen LogP contribution >= 0.6 is 0 Å². The van der Waals surface area contributed by atoms with E-state index in [9.17, 15) is 0 Å². The molecule has 0 fully saturated rings. The molecule has 0 bridgehead atoms. The van der Waals surface area contributed by atoms with Crippen LogP contribution < -0.4 is 10.2 Å². The zero-order chi connectivity index (χ0) is 15.1. The zero-order valence-corrected chi connectivity index (χ0v) is 13.4. The zero-order valence-electron chi connectivity index (χ0n) is 13.4. The number of anilines is 1. The summed E-state index contributed by atoms with van der Waals surface area (Å²) < 4.78 is 0. The van der Waals surface area contributed by atoms with Crippen molar-refractivity contribution in [3.63, 3.8) is 0 Å². The normalized spacial score (nSPS) is 14.0. The van der Waals surface area contributed by atoms with Crippen LogP contribution in [0, 0.1) is 16.7 Å². The number of benzene rings is 1. The number of para-hydroxylation sites is 1. The maximum atomic E-state index is 8.66. The van der Waals surface area contributed by atoms with Gasteiger partial charge in [-0.1, -0.05) is 32.0 Å². The monoisotopic (exact) mass is 285 g/mol. The van der Waals surface area contributed by atoms with Crippen molar-refractivity contribution in [1.29, 1.82) is 5.26 Å². The van der Waals surface area contributed by atoms with E-state index >= 15 is 0 Å². The predicted molar refractivity (Wildman–Crippen MR) is 88.5 cm³/mol. The molecule has 0 radical (unpaired) electrons. The highest BCUT2D eigenvalue weighted by Gasteiger charge is 2.18. The van der Waals surface area contributed by atoms with E-state index < -0.39 is 0 Å². The number of nitriles is 1. The Labute approximate surface area is 129 Å². The van der Waals surface area contributed by atoms with Crippen LogP contribution in [0.2, 0.25) is 0 Å². The minimum Gasteiger partial charge on any atom is -0.371 e. The summed E-state index contributed by atoms with van der Waals surface area (Å²) in [6, 6.07) is 11.0. The second-order valence-electron chi connectivity index (χ2n) is 6.72. The molecule has 1 aromatic carbocycles. The van der Waals surface area contributed by atoms with E-state index in [4.69, 9.17) is 5.26 Å². The van der Waals surface area contributed by atoms with Gasteiger partial charge in [-0.2, -0.15) is 5.26 Å². The van der Waals surface area contributed by atoms with Crippen LogP contribution in [-0.2, 0) is 6.42 Å². The third-order valence-corrected chi connectivity index (χ3v) is 4.28. The first-order valence-corrected chi connectivity index (χ1v) is 8.03. The second-order valence-corrected chi connectivity index (χ2v) is 6.72. The largest absolute Gasteiger partial charge is 0.371 e. The van der Waals surface area contributed by atoms with E-state index in [1.807, 2.05) is 0 Å². The van der Waals surface area contributed by atoms with Crippen molar-refractivity contribution in [3.05, 3.63) is 29.8 Å². The van der Waals surface area contributed by atoms with Crippen molar-refractivity contribution < 1.29 is 0 Å². The topological polar surface area (TPSA) is 39.1 Å². The summed E-state index contributed by atoms with van der Waals surface area (Å²) >= 11 is 0. The maximum absolute atomic E-state index is 8.66. The van der Waals surface area contributed by atoms with Crippen molar-refractivity contribution in [1.82, 2.24) is 5.32 Å². The molecule has 21 heavy (non-hydrogen) atoms. The van der Waals surface area contributed by atoms with Crippen LogP contribution in [-0.4, -0.2) is 26.2 Å². The van der Waals surface area contributed by atoms with Crippen LogP contribution in [0.5, 0.6) is 0 Å². The fourth-order valence-electron chi connectivity index (χ4n) is 2.94. The summed E-state index contributed by atoms with van der Waals surface area (Å²) in [7, 11) is 0. The number of hydrogen-bond acceptors (Lipinski definition) is 3. The quantitative estimate of drug-likeness (QED) is 0.744. The molecule has 0 saturated carbocycles. The Balaban J connectivity index is 1.64. The van der Waals surface area contributed by atoms with Gasteiger partial charge in [0, 0.05) is 31.7 Å². The SMILES string of the molecule is CC(C)(CCC#N)CNCCCN1CCc2ccccc21. The lowest BCUT2D eigenvalue weighted by molar-refractivity contribution is 0.318. The maximum Gasteiger partial charge on any atom is 0.0621 e. The van der Waals surface area contributed by atoms with Crippen molar-refractivity contribution in [2.24, 2.45) is 5.41 Å². The number of nitrogens with zero attached hydrogens (tertiary/aromatic N) is 2. The van der Waals surface area contributed by atoms with Crippen molar-refractivity contribution in [2.45, 2.75) is 39.5 Å². The average molecular weight is 285 g/mol. The van der Waals surface area contributed by atoms with Gasteiger partial charge in [0.05, 0.1) is 6.07 Å². The third kappa shape index (κ3) is 4.75. The fourth-order valence-corrected chi connectivity index (χ4v) is 2.94. The Hall–Kier alpha value is -1.53. The number of fused-ring (bicyclic) bond motifs is 1. The molecule has 1 N–H and O–H groups in total. The average Bonchev–Trinajstić information content (AvgIpc) is 2.88. The molecule has 114 valence electrons. The van der Waals surface area contributed by atoms with Gasteiger partial charge < -0.3 is 10.2 Å². The van der Waals surface area contributed by atoms with E-state index in [1.165, 1.54) is 24.1 Å². The van der Waals surface area contributed by atoms with Crippen LogP contribution in [0.1, 0.15) is 38.7 Å². The minimum atomic E-state index is 0.218. The number of rotatable bonds is 8. The molecule has 0 saturated heterocycles. The van der Waals surface area contributed by atoms with Crippen LogP contribution in [0.25, 0.3) is 0 Å². The van der Waals surface area contributed by atoms with E-state index in [1.54, 1.807) is 0 Å². The summed E-state index contributed by atoms with van der Waals surface area (Å²) in [6.45, 7) is 8.79. The lowest BCUT2D eigenvalue weighted by atomic mass is 9.88. The number of hydrogen-bond donors (Lipinski definition) is 1. The van der Waals surface area contributed by atoms with Crippen molar-refractivity contribution in [2.75, 3.05) is 31.1 Å². The van der Waals surface area contributed by atoms with E-state index in [-0.39, 0.29) is 5.41 Å². The van der Waals surface area contributed by atoms with Gasteiger partial charge in [0.1, 0.15) is 0 Å². The molecule has 2 rings (SSSR count). The molecule has 0 aromatic heterocycles. The standard InChI is InChI=1S/C18H27N3/c1-18(2,10-5-11-19)15-20-12-6-13-21-14-9-16-7-3-4-8-17(16)21/h3-4,7-8,20H,5-6,9-10,12-15H2,1-2H3. The summed E-state index contributed by atoms with van der Waals surface area (Å²) in [4.78, 5) is 2.50. The number of nitrogens with one attached hydrogen (secondary N) is 1. The second kappa shape index (κ2) is 7.47. The van der Waals surface area contributed by atoms with Gasteiger partial charge >= 0.3 is 0 Å². The Morgan fingerprint density at radius 2 is 2.14 bits per heavy atom. The highest BCUT2D eigenvalue weighted by atomic mass is 15.1. The summed E-state index contributed by atoms with van der Waals surface area (Å²) in [6.07, 6.45) is 3.97. The van der Waals surface area contributed by atoms with Crippen molar-refractivity contribution in [3.8, 4) is 6.07 Å². The van der Waals surface area contributed by atoms with Gasteiger partial charge in [-0.3, -0.25) is 0 Å². The molecule has 1 aliphatic rings. The minimum absolute atomic E-state index is 0.218. The highest BCUT2D eigenvalue weighted by Crippen LogP contribution is 2.27. The molecular weight excluding hydrogens is 258 g/mol. The molecule has 3 heteroatoms. The molecule has 3 nitrogen and oxygen atoms in total. The molecule has 1 aliphatic heterocycles. The summed E-state index contributed by atoms with van der Waals surface area (Å²) in [5.41, 5.74) is 3.13. The van der Waals surface area contributed by atoms with Gasteiger partial charge in [0.15, 0.2) is 0 Å². The molecule has 1 heterocycles. The fraction of sp³-hybridized carbons (Fsp3) is 0.611. The Morgan fingerprint density at radius 3 is 2.95 bits per heavy atom. The Morgan fingerprint density at radius 1 is 1.33 bits per heavy atom. The van der Waals surface area contributed by atoms with Gasteiger partial charge in [-0.25, -0.2) is 0 Å². The molecular formula is C18H27N3. The van der Waals surface area contributed by atoms with E-state index in [0.29, 0.717) is 6.42 Å². The van der Waals surface area contributed by atoms with Crippen LogP contribution in [0.4, 0.5) is 5.69 Å². The van der Waals surface area contributed by atoms with E-state index in [2.05, 4.69) is 54.4 Å². The van der Waals surface area contributed by atoms with Crippen LogP contribution in [0.3, 0.4) is 0 Å². The predicted octanol–water partition coefficient (Wildman–Crippen LogP) is 3.36. The summed E-state index contributed by atoms with van der Waals surface area (Å²) in [5.74, 6) is 0. The smallest absolute Gasteiger partial charge is 0.0621 e. The van der Waals surface area contributed by atoms with E-state index in [0.717, 1.165) is 32.6 Å². The van der Waals surface area contributed by atoms with Gasteiger partial charge in [-0.15, -0.1) is 0 Å². The lowest BCUT2D eigenvalue weighted by Gasteiger charge is -2.24. The third-order valence-electron chi connectivity index (χ3n) is 4.28. The molecule has 0 aliphatic carbocycles. The van der Waals surface area contributed by atoms with Gasteiger partial charge in [0.25, 0.3) is 0 Å². The molecule has 1 aromatic rings. The first-order valence-electron chi connectivity index (χ1n) is 8.03. The molecule has 0 amide bonds. The Kier molecular flexibility index (Phi) is 5.64. The highest BCUT2D eigenvalue weighted by molar-refractivity contribution is 5.57. The van der Waals surface area contributed by atoms with Gasteiger partial charge in [0.2, 0.25) is 0 Å². The lowest BCUT2D eigenvalue weighted by Crippen LogP contribution is -2.32. The first-order chi connectivity index (χ1) is 10.1. The van der Waals surface area contributed by atoms with Crippen molar-refractivity contribution >= 4 is 5.69 Å².